The zero-order chi connectivity index (χ0) is 18.7. The molecule has 1 aromatic heterocycles. The number of nitrogen functional groups attached to an aromatic ring is 1. The Bertz CT molecular complexity index is 956. The second-order valence-electron chi connectivity index (χ2n) is 5.86. The molecule has 0 radical (unpaired) electrons. The van der Waals surface area contributed by atoms with Gasteiger partial charge in [-0.3, -0.25) is 4.79 Å². The number of nitrogens with two attached hydrogens (primary N) is 1. The number of anilines is 2. The summed E-state index contributed by atoms with van der Waals surface area (Å²) in [6, 6.07) is 16.5. The number of benzene rings is 2. The minimum atomic E-state index is -0.293. The van der Waals surface area contributed by atoms with E-state index >= 15 is 0 Å². The Balaban J connectivity index is 1.71. The molecule has 132 valence electrons. The van der Waals surface area contributed by atoms with Crippen LogP contribution in [-0.2, 0) is 0 Å². The van der Waals surface area contributed by atoms with Gasteiger partial charge in [0.25, 0.3) is 5.91 Å². The van der Waals surface area contributed by atoms with Crippen LogP contribution >= 0.6 is 15.9 Å². The van der Waals surface area contributed by atoms with Crippen molar-refractivity contribution >= 4 is 33.3 Å². The Morgan fingerprint density at radius 1 is 1.08 bits per heavy atom. The van der Waals surface area contributed by atoms with E-state index in [2.05, 4.69) is 26.2 Å². The molecule has 0 aliphatic carbocycles. The number of ether oxygens (including phenoxy) is 1. The molecule has 0 spiro atoms. The standard InChI is InChI=1S/C20H18BrN3O2/c1-12-10-18(19(22)23-13(12)2)20(25)24-15-6-8-16(9-7-15)26-17-5-3-4-14(21)11-17/h3-11H,1-2H3,(H2,22,23)(H,24,25). The van der Waals surface area contributed by atoms with Crippen molar-refractivity contribution in [3.63, 3.8) is 0 Å². The lowest BCUT2D eigenvalue weighted by molar-refractivity contribution is 0.102. The van der Waals surface area contributed by atoms with Gasteiger partial charge in [-0.25, -0.2) is 4.98 Å². The fourth-order valence-corrected chi connectivity index (χ4v) is 2.76. The van der Waals surface area contributed by atoms with Crippen LogP contribution < -0.4 is 15.8 Å². The van der Waals surface area contributed by atoms with Crippen LogP contribution in [0, 0.1) is 13.8 Å². The monoisotopic (exact) mass is 411 g/mol. The predicted octanol–water partition coefficient (Wildman–Crippen LogP) is 5.09. The zero-order valence-electron chi connectivity index (χ0n) is 14.4. The molecule has 1 heterocycles. The highest BCUT2D eigenvalue weighted by Gasteiger charge is 2.13. The molecule has 3 rings (SSSR count). The average molecular weight is 412 g/mol. The minimum absolute atomic E-state index is 0.222. The van der Waals surface area contributed by atoms with Crippen LogP contribution in [0.4, 0.5) is 11.5 Å². The van der Waals surface area contributed by atoms with E-state index in [1.807, 2.05) is 38.1 Å². The Morgan fingerprint density at radius 2 is 1.81 bits per heavy atom. The van der Waals surface area contributed by atoms with Gasteiger partial charge in [-0.05, 0) is 67.9 Å². The quantitative estimate of drug-likeness (QED) is 0.626. The molecule has 26 heavy (non-hydrogen) atoms. The summed E-state index contributed by atoms with van der Waals surface area (Å²) in [4.78, 5) is 16.6. The molecule has 0 atom stereocenters. The summed E-state index contributed by atoms with van der Waals surface area (Å²) >= 11 is 3.41. The number of hydrogen-bond acceptors (Lipinski definition) is 4. The van der Waals surface area contributed by atoms with Gasteiger partial charge >= 0.3 is 0 Å². The van der Waals surface area contributed by atoms with Crippen molar-refractivity contribution in [2.24, 2.45) is 0 Å². The smallest absolute Gasteiger partial charge is 0.259 e. The summed E-state index contributed by atoms with van der Waals surface area (Å²) in [6.07, 6.45) is 0. The van der Waals surface area contributed by atoms with E-state index in [0.29, 0.717) is 17.0 Å². The molecule has 5 nitrogen and oxygen atoms in total. The van der Waals surface area contributed by atoms with E-state index in [1.54, 1.807) is 30.3 Å². The summed E-state index contributed by atoms with van der Waals surface area (Å²) < 4.78 is 6.72. The fraction of sp³-hybridized carbons (Fsp3) is 0.100. The molecule has 6 heteroatoms. The summed E-state index contributed by atoms with van der Waals surface area (Å²) in [7, 11) is 0. The average Bonchev–Trinajstić information content (AvgIpc) is 2.60. The van der Waals surface area contributed by atoms with Gasteiger partial charge < -0.3 is 15.8 Å². The first-order valence-corrected chi connectivity index (χ1v) is 8.80. The molecule has 0 fully saturated rings. The van der Waals surface area contributed by atoms with Crippen molar-refractivity contribution < 1.29 is 9.53 Å². The van der Waals surface area contributed by atoms with Crippen LogP contribution in [0.25, 0.3) is 0 Å². The maximum absolute atomic E-state index is 12.4. The second-order valence-corrected chi connectivity index (χ2v) is 6.78. The Kier molecular flexibility index (Phi) is 5.23. The number of aromatic nitrogens is 1. The van der Waals surface area contributed by atoms with Gasteiger partial charge in [0.1, 0.15) is 17.3 Å². The van der Waals surface area contributed by atoms with Crippen LogP contribution in [0.2, 0.25) is 0 Å². The normalized spacial score (nSPS) is 10.4. The van der Waals surface area contributed by atoms with Crippen LogP contribution in [0.15, 0.2) is 59.1 Å². The molecule has 2 aromatic carbocycles. The zero-order valence-corrected chi connectivity index (χ0v) is 16.0. The Labute approximate surface area is 160 Å². The molecule has 1 amide bonds. The highest BCUT2D eigenvalue weighted by molar-refractivity contribution is 9.10. The topological polar surface area (TPSA) is 77.2 Å². The minimum Gasteiger partial charge on any atom is -0.457 e. The van der Waals surface area contributed by atoms with Gasteiger partial charge in [0.15, 0.2) is 0 Å². The van der Waals surface area contributed by atoms with Gasteiger partial charge in [0, 0.05) is 15.9 Å². The van der Waals surface area contributed by atoms with Crippen molar-refractivity contribution in [1.82, 2.24) is 4.98 Å². The summed E-state index contributed by atoms with van der Waals surface area (Å²) in [5.41, 5.74) is 8.61. The number of carbonyl (C=O) groups excluding carboxylic acids is 1. The van der Waals surface area contributed by atoms with Gasteiger partial charge in [0.2, 0.25) is 0 Å². The molecule has 0 saturated heterocycles. The SMILES string of the molecule is Cc1cc(C(=O)Nc2ccc(Oc3cccc(Br)c3)cc2)c(N)nc1C. The molecule has 0 aliphatic heterocycles. The van der Waals surface area contributed by atoms with E-state index < -0.39 is 0 Å². The number of hydrogen-bond donors (Lipinski definition) is 2. The predicted molar refractivity (Wildman–Crippen MR) is 107 cm³/mol. The molecule has 0 aliphatic rings. The second kappa shape index (κ2) is 7.58. The summed E-state index contributed by atoms with van der Waals surface area (Å²) in [5, 5.41) is 2.82. The van der Waals surface area contributed by atoms with E-state index in [0.717, 1.165) is 21.5 Å². The van der Waals surface area contributed by atoms with Gasteiger partial charge in [-0.2, -0.15) is 0 Å². The number of halogens is 1. The van der Waals surface area contributed by atoms with E-state index in [1.165, 1.54) is 0 Å². The van der Waals surface area contributed by atoms with E-state index in [9.17, 15) is 4.79 Å². The first-order chi connectivity index (χ1) is 12.4. The number of nitrogens with zero attached hydrogens (tertiary/aromatic N) is 1. The fourth-order valence-electron chi connectivity index (χ4n) is 2.38. The van der Waals surface area contributed by atoms with Crippen LogP contribution in [0.3, 0.4) is 0 Å². The van der Waals surface area contributed by atoms with E-state index in [-0.39, 0.29) is 11.7 Å². The lowest BCUT2D eigenvalue weighted by Gasteiger charge is -2.10. The Morgan fingerprint density at radius 3 is 2.50 bits per heavy atom. The third kappa shape index (κ3) is 4.21. The molecular formula is C20H18BrN3O2. The lowest BCUT2D eigenvalue weighted by Crippen LogP contribution is -2.15. The number of rotatable bonds is 4. The van der Waals surface area contributed by atoms with Gasteiger partial charge in [0.05, 0.1) is 5.56 Å². The molecular weight excluding hydrogens is 394 g/mol. The molecule has 3 aromatic rings. The largest absolute Gasteiger partial charge is 0.457 e. The van der Waals surface area contributed by atoms with Gasteiger partial charge in [-0.15, -0.1) is 0 Å². The van der Waals surface area contributed by atoms with E-state index in [4.69, 9.17) is 10.5 Å². The summed E-state index contributed by atoms with van der Waals surface area (Å²) in [5.74, 6) is 1.33. The van der Waals surface area contributed by atoms with Gasteiger partial charge in [-0.1, -0.05) is 22.0 Å². The Hall–Kier alpha value is -2.86. The number of pyridine rings is 1. The highest BCUT2D eigenvalue weighted by atomic mass is 79.9. The van der Waals surface area contributed by atoms with Crippen LogP contribution in [0.5, 0.6) is 11.5 Å². The van der Waals surface area contributed by atoms with Crippen molar-refractivity contribution in [2.45, 2.75) is 13.8 Å². The molecule has 3 N–H and O–H groups in total. The molecule has 0 bridgehead atoms. The van der Waals surface area contributed by atoms with Crippen molar-refractivity contribution in [2.75, 3.05) is 11.1 Å². The van der Waals surface area contributed by atoms with Crippen molar-refractivity contribution in [3.8, 4) is 11.5 Å². The number of aryl methyl sites for hydroxylation is 2. The lowest BCUT2D eigenvalue weighted by atomic mass is 10.1. The van der Waals surface area contributed by atoms with Crippen molar-refractivity contribution in [1.29, 1.82) is 0 Å². The first-order valence-electron chi connectivity index (χ1n) is 8.01. The first kappa shape index (κ1) is 17.9. The molecule has 0 unspecified atom stereocenters. The number of amides is 1. The summed E-state index contributed by atoms with van der Waals surface area (Å²) in [6.45, 7) is 3.75. The van der Waals surface area contributed by atoms with Crippen molar-refractivity contribution in [3.05, 3.63) is 75.9 Å². The molecule has 0 saturated carbocycles. The third-order valence-corrected chi connectivity index (χ3v) is 4.38. The maximum atomic E-state index is 12.4. The number of nitrogens with one attached hydrogen (secondary N) is 1. The van der Waals surface area contributed by atoms with Crippen LogP contribution in [0.1, 0.15) is 21.6 Å². The van der Waals surface area contributed by atoms with Crippen LogP contribution in [-0.4, -0.2) is 10.9 Å². The highest BCUT2D eigenvalue weighted by Crippen LogP contribution is 2.26. The third-order valence-electron chi connectivity index (χ3n) is 3.88. The number of carbonyl (C=O) groups is 1. The maximum Gasteiger partial charge on any atom is 0.259 e.